The summed E-state index contributed by atoms with van der Waals surface area (Å²) in [6.07, 6.45) is 13.3. The number of anilines is 4. The fraction of sp³-hybridized carbons (Fsp3) is 0.524. The highest BCUT2D eigenvalue weighted by molar-refractivity contribution is 5.97. The number of nitrogens with zero attached hydrogens (tertiary/aromatic N) is 6. The first-order valence-electron chi connectivity index (χ1n) is 20.6. The van der Waals surface area contributed by atoms with E-state index in [1.807, 2.05) is 0 Å². The zero-order valence-electron chi connectivity index (χ0n) is 33.8. The largest absolute Gasteiger partial charge is 0.368 e. The number of fused-ring (bicyclic) bond motifs is 2. The minimum Gasteiger partial charge on any atom is -0.368 e. The van der Waals surface area contributed by atoms with E-state index in [0.29, 0.717) is 62.0 Å². The molecular formula is C42H62N12O2. The van der Waals surface area contributed by atoms with Gasteiger partial charge >= 0.3 is 0 Å². The number of amides is 2. The number of carbonyl (C=O) groups excluding carboxylic acids is 2. The van der Waals surface area contributed by atoms with Gasteiger partial charge in [-0.3, -0.25) is 9.59 Å². The fourth-order valence-corrected chi connectivity index (χ4v) is 6.77. The topological polar surface area (TPSA) is 164 Å². The Bertz CT molecular complexity index is 1640. The molecule has 302 valence electrons. The first kappa shape index (κ1) is 42.1. The summed E-state index contributed by atoms with van der Waals surface area (Å²) in [4.78, 5) is 49.5. The van der Waals surface area contributed by atoms with Crippen molar-refractivity contribution in [3.8, 4) is 0 Å². The zero-order valence-corrected chi connectivity index (χ0v) is 33.8. The summed E-state index contributed by atoms with van der Waals surface area (Å²) < 4.78 is 0. The number of carbonyl (C=O) groups is 2. The molecule has 2 aliphatic rings. The van der Waals surface area contributed by atoms with Gasteiger partial charge in [0, 0.05) is 87.5 Å². The highest BCUT2D eigenvalue weighted by Gasteiger charge is 2.17. The smallest absolute Gasteiger partial charge is 0.251 e. The zero-order chi connectivity index (χ0) is 39.5. The highest BCUT2D eigenvalue weighted by Crippen LogP contribution is 2.25. The van der Waals surface area contributed by atoms with Crippen molar-refractivity contribution in [3.63, 3.8) is 0 Å². The van der Waals surface area contributed by atoms with E-state index in [-0.39, 0.29) is 11.8 Å². The predicted molar refractivity (Wildman–Crippen MR) is 227 cm³/mol. The second-order valence-electron chi connectivity index (χ2n) is 14.0. The average Bonchev–Trinajstić information content (AvgIpc) is 3.23. The van der Waals surface area contributed by atoms with Crippen LogP contribution in [0.3, 0.4) is 0 Å². The Morgan fingerprint density at radius 3 is 1.30 bits per heavy atom. The van der Waals surface area contributed by atoms with Gasteiger partial charge in [-0.1, -0.05) is 52.0 Å². The molecule has 0 fully saturated rings. The van der Waals surface area contributed by atoms with Crippen molar-refractivity contribution in [3.05, 3.63) is 82.2 Å². The number of likely N-dealkylation sites (N-methyl/N-ethyl adjacent to an activating group) is 2. The van der Waals surface area contributed by atoms with Crippen LogP contribution < -0.4 is 31.9 Å². The van der Waals surface area contributed by atoms with Crippen LogP contribution in [0.1, 0.15) is 83.8 Å². The fourth-order valence-electron chi connectivity index (χ4n) is 6.77. The van der Waals surface area contributed by atoms with E-state index in [1.54, 1.807) is 24.3 Å². The lowest BCUT2D eigenvalue weighted by molar-refractivity contribution is 0.0941. The van der Waals surface area contributed by atoms with Gasteiger partial charge in [-0.05, 0) is 76.1 Å². The highest BCUT2D eigenvalue weighted by atomic mass is 16.2. The Kier molecular flexibility index (Phi) is 16.9. The van der Waals surface area contributed by atoms with Crippen molar-refractivity contribution >= 4 is 35.3 Å². The third-order valence-electron chi connectivity index (χ3n) is 10.3. The lowest BCUT2D eigenvalue weighted by Crippen LogP contribution is -2.29. The summed E-state index contributed by atoms with van der Waals surface area (Å²) in [5.41, 5.74) is 5.45. The average molecular weight is 767 g/mol. The van der Waals surface area contributed by atoms with E-state index in [4.69, 9.17) is 19.9 Å². The van der Waals surface area contributed by atoms with Crippen LogP contribution in [0.25, 0.3) is 0 Å². The molecule has 0 unspecified atom stereocenters. The normalized spacial score (nSPS) is 13.0. The van der Waals surface area contributed by atoms with Crippen molar-refractivity contribution in [1.29, 1.82) is 0 Å². The summed E-state index contributed by atoms with van der Waals surface area (Å²) in [6, 6.07) is 6.74. The molecule has 0 saturated heterocycles. The van der Waals surface area contributed by atoms with E-state index < -0.39 is 0 Å². The molecule has 0 saturated carbocycles. The van der Waals surface area contributed by atoms with Gasteiger partial charge in [0.15, 0.2) is 0 Å². The quantitative estimate of drug-likeness (QED) is 0.0558. The first-order chi connectivity index (χ1) is 27.4. The molecule has 56 heavy (non-hydrogen) atoms. The van der Waals surface area contributed by atoms with E-state index in [1.165, 1.54) is 11.1 Å². The number of hydrogen-bond acceptors (Lipinski definition) is 12. The number of allylic oxidation sites excluding steroid dienone is 4. The molecule has 0 spiro atoms. The van der Waals surface area contributed by atoms with E-state index >= 15 is 0 Å². The van der Waals surface area contributed by atoms with Gasteiger partial charge in [-0.15, -0.1) is 0 Å². The van der Waals surface area contributed by atoms with Crippen LogP contribution in [0.5, 0.6) is 0 Å². The summed E-state index contributed by atoms with van der Waals surface area (Å²) in [5.74, 6) is 2.64. The summed E-state index contributed by atoms with van der Waals surface area (Å²) in [6.45, 7) is 18.6. The summed E-state index contributed by atoms with van der Waals surface area (Å²) in [5, 5.41) is 19.7. The van der Waals surface area contributed by atoms with Crippen LogP contribution in [-0.2, 0) is 25.7 Å². The van der Waals surface area contributed by atoms with Gasteiger partial charge in [-0.2, -0.15) is 9.97 Å². The molecule has 0 atom stereocenters. The number of hydrogen-bond donors (Lipinski definition) is 6. The van der Waals surface area contributed by atoms with Gasteiger partial charge in [-0.25, -0.2) is 9.97 Å². The maximum Gasteiger partial charge on any atom is 0.251 e. The van der Waals surface area contributed by atoms with Crippen molar-refractivity contribution < 1.29 is 9.59 Å². The Morgan fingerprint density at radius 2 is 0.911 bits per heavy atom. The molecule has 2 aliphatic carbocycles. The molecule has 3 aromatic rings. The van der Waals surface area contributed by atoms with Crippen LogP contribution in [0, 0.1) is 0 Å². The monoisotopic (exact) mass is 767 g/mol. The van der Waals surface area contributed by atoms with Gasteiger partial charge in [0.25, 0.3) is 11.8 Å². The number of benzene rings is 1. The van der Waals surface area contributed by atoms with Gasteiger partial charge in [0.2, 0.25) is 11.9 Å². The van der Waals surface area contributed by atoms with Crippen LogP contribution >= 0.6 is 0 Å². The van der Waals surface area contributed by atoms with Crippen LogP contribution in [0.2, 0.25) is 0 Å². The Balaban J connectivity index is 0.997. The first-order valence-corrected chi connectivity index (χ1v) is 20.6. The second-order valence-corrected chi connectivity index (χ2v) is 14.0. The Labute approximate surface area is 332 Å². The molecule has 14 nitrogen and oxygen atoms in total. The standard InChI is InChI=1S/C42H62N12O2/c1-5-53(6-2)29-27-43-37-33-15-9-11-17-35(33)49-41(51-37)47-25-13-23-45-39(55)31-19-21-32(22-20-31)40(56)46-24-14-26-48-42-50-36-18-12-10-16-34(36)38(52-42)44-28-30-54(7-3)8-4/h9-12,19-22H,5-8,13-18,23-30H2,1-4H3,(H,45,55)(H,46,56)(H2,43,47,49,51)(H2,44,48,50,52). The minimum atomic E-state index is -0.179. The molecule has 2 aromatic heterocycles. The van der Waals surface area contributed by atoms with E-state index in [9.17, 15) is 9.59 Å². The van der Waals surface area contributed by atoms with Crippen LogP contribution in [0.15, 0.2) is 48.6 Å². The molecule has 2 amide bonds. The lowest BCUT2D eigenvalue weighted by Gasteiger charge is -2.21. The lowest BCUT2D eigenvalue weighted by atomic mass is 10.0. The van der Waals surface area contributed by atoms with Crippen LogP contribution in [-0.4, -0.2) is 120 Å². The molecule has 14 heteroatoms. The van der Waals surface area contributed by atoms with Crippen molar-refractivity contribution in [2.24, 2.45) is 0 Å². The van der Waals surface area contributed by atoms with Crippen molar-refractivity contribution in [2.75, 3.05) is 99.8 Å². The number of nitrogens with one attached hydrogen (secondary N) is 6. The number of rotatable bonds is 24. The molecular weight excluding hydrogens is 705 g/mol. The molecule has 6 N–H and O–H groups in total. The molecule has 0 aliphatic heterocycles. The van der Waals surface area contributed by atoms with E-state index in [2.05, 4.69) is 93.7 Å². The molecule has 5 rings (SSSR count). The van der Waals surface area contributed by atoms with Crippen LogP contribution in [0.4, 0.5) is 23.5 Å². The van der Waals surface area contributed by atoms with Crippen molar-refractivity contribution in [2.45, 2.75) is 66.2 Å². The SMILES string of the molecule is CCN(CC)CCNc1nc(NCCCNC(=O)c2ccc(C(=O)NCCCNc3nc4c(c(NCCN(CC)CC)n3)CC=CC4)cc2)nc2c1CC=CC2. The summed E-state index contributed by atoms with van der Waals surface area (Å²) in [7, 11) is 0. The van der Waals surface area contributed by atoms with Gasteiger partial charge < -0.3 is 41.7 Å². The third kappa shape index (κ3) is 12.5. The Hall–Kier alpha value is -5.08. The molecule has 2 heterocycles. The van der Waals surface area contributed by atoms with E-state index in [0.717, 1.165) is 101 Å². The predicted octanol–water partition coefficient (Wildman–Crippen LogP) is 4.55. The Morgan fingerprint density at radius 1 is 0.518 bits per heavy atom. The second kappa shape index (κ2) is 22.5. The van der Waals surface area contributed by atoms with Crippen molar-refractivity contribution in [1.82, 2.24) is 40.4 Å². The number of aromatic nitrogens is 4. The molecule has 0 radical (unpaired) electrons. The maximum atomic E-state index is 12.8. The summed E-state index contributed by atoms with van der Waals surface area (Å²) >= 11 is 0. The minimum absolute atomic E-state index is 0.179. The van der Waals surface area contributed by atoms with Gasteiger partial charge in [0.1, 0.15) is 11.6 Å². The third-order valence-corrected chi connectivity index (χ3v) is 10.3. The van der Waals surface area contributed by atoms with Gasteiger partial charge in [0.05, 0.1) is 11.4 Å². The molecule has 0 bridgehead atoms. The molecule has 1 aromatic carbocycles. The maximum absolute atomic E-state index is 12.8.